The van der Waals surface area contributed by atoms with Crippen LogP contribution < -0.4 is 5.32 Å². The van der Waals surface area contributed by atoms with E-state index >= 15 is 0 Å². The Labute approximate surface area is 174 Å². The molecule has 4 atom stereocenters. The van der Waals surface area contributed by atoms with E-state index in [1.54, 1.807) is 18.2 Å². The van der Waals surface area contributed by atoms with Crippen molar-refractivity contribution in [3.8, 4) is 5.75 Å². The smallest absolute Gasteiger partial charge is 0.231 e. The molecule has 0 radical (unpaired) electrons. The second-order valence-corrected chi connectivity index (χ2v) is 8.70. The van der Waals surface area contributed by atoms with Crippen LogP contribution in [0, 0.1) is 17.8 Å². The molecule has 5 rings (SSSR count). The molecule has 0 bridgehead atoms. The Morgan fingerprint density at radius 3 is 2.62 bits per heavy atom. The summed E-state index contributed by atoms with van der Waals surface area (Å²) in [5, 5.41) is 12.4. The van der Waals surface area contributed by atoms with Gasteiger partial charge in [-0.15, -0.1) is 0 Å². The fraction of sp³-hybridized carbons (Fsp3) is 0.273. The Balaban J connectivity index is 1.73. The SMILES string of the molecule is O=C1C=C(Br)C(=O)C2=C1[C@@H](c1cccc(O)c1)C1=CC[C@@H]3C(=O)NC(=O)[C@@H]3[C@@H]1C2. The minimum atomic E-state index is -0.552. The molecule has 2 amide bonds. The fourth-order valence-electron chi connectivity index (χ4n) is 5.20. The highest BCUT2D eigenvalue weighted by molar-refractivity contribution is 9.12. The molecule has 7 heteroatoms. The fourth-order valence-corrected chi connectivity index (χ4v) is 5.65. The Morgan fingerprint density at radius 1 is 1.07 bits per heavy atom. The van der Waals surface area contributed by atoms with Gasteiger partial charge in [0.05, 0.1) is 16.3 Å². The number of allylic oxidation sites excluding steroid dienone is 6. The van der Waals surface area contributed by atoms with Crippen LogP contribution in [0.3, 0.4) is 0 Å². The molecular formula is C22H16BrNO5. The average molecular weight is 454 g/mol. The van der Waals surface area contributed by atoms with Gasteiger partial charge in [0, 0.05) is 23.1 Å². The summed E-state index contributed by atoms with van der Waals surface area (Å²) >= 11 is 3.18. The van der Waals surface area contributed by atoms with Crippen LogP contribution in [-0.2, 0) is 19.2 Å². The minimum absolute atomic E-state index is 0.0566. The first-order valence-electron chi connectivity index (χ1n) is 9.39. The maximum absolute atomic E-state index is 12.9. The number of aromatic hydroxyl groups is 1. The number of nitrogens with one attached hydrogen (secondary N) is 1. The number of amides is 2. The van der Waals surface area contributed by atoms with Crippen molar-refractivity contribution in [2.75, 3.05) is 0 Å². The van der Waals surface area contributed by atoms with Crippen LogP contribution in [-0.4, -0.2) is 28.5 Å². The van der Waals surface area contributed by atoms with E-state index in [0.29, 0.717) is 23.1 Å². The Morgan fingerprint density at radius 2 is 1.86 bits per heavy atom. The van der Waals surface area contributed by atoms with Crippen LogP contribution in [0.1, 0.15) is 24.3 Å². The van der Waals surface area contributed by atoms with Gasteiger partial charge in [-0.1, -0.05) is 23.8 Å². The molecule has 0 spiro atoms. The minimum Gasteiger partial charge on any atom is -0.508 e. The summed E-state index contributed by atoms with van der Waals surface area (Å²) in [4.78, 5) is 50.6. The van der Waals surface area contributed by atoms with Crippen LogP contribution in [0.5, 0.6) is 5.75 Å². The number of halogens is 1. The second kappa shape index (κ2) is 6.35. The molecule has 1 aromatic carbocycles. The highest BCUT2D eigenvalue weighted by atomic mass is 79.9. The lowest BCUT2D eigenvalue weighted by atomic mass is 9.59. The van der Waals surface area contributed by atoms with Gasteiger partial charge in [0.15, 0.2) is 11.6 Å². The number of Topliss-reactive ketones (excluding diaryl/α,β-unsaturated/α-hetero) is 1. The molecule has 1 aliphatic heterocycles. The van der Waals surface area contributed by atoms with E-state index in [1.165, 1.54) is 12.1 Å². The summed E-state index contributed by atoms with van der Waals surface area (Å²) in [5.74, 6) is -2.95. The first kappa shape index (κ1) is 18.2. The summed E-state index contributed by atoms with van der Waals surface area (Å²) in [5.41, 5.74) is 2.33. The zero-order valence-corrected chi connectivity index (χ0v) is 16.7. The van der Waals surface area contributed by atoms with Gasteiger partial charge in [0.25, 0.3) is 0 Å². The largest absolute Gasteiger partial charge is 0.508 e. The predicted molar refractivity (Wildman–Crippen MR) is 106 cm³/mol. The van der Waals surface area contributed by atoms with Gasteiger partial charge in [-0.2, -0.15) is 0 Å². The summed E-state index contributed by atoms with van der Waals surface area (Å²) in [6.45, 7) is 0. The molecule has 4 aliphatic rings. The lowest BCUT2D eigenvalue weighted by molar-refractivity contribution is -0.126. The van der Waals surface area contributed by atoms with Crippen LogP contribution in [0.2, 0.25) is 0 Å². The van der Waals surface area contributed by atoms with Crippen molar-refractivity contribution in [1.29, 1.82) is 0 Å². The quantitative estimate of drug-likeness (QED) is 0.386. The topological polar surface area (TPSA) is 101 Å². The Kier molecular flexibility index (Phi) is 4.00. The van der Waals surface area contributed by atoms with Crippen LogP contribution in [0.15, 0.2) is 57.6 Å². The molecule has 3 aliphatic carbocycles. The van der Waals surface area contributed by atoms with E-state index in [1.807, 2.05) is 6.08 Å². The monoisotopic (exact) mass is 453 g/mol. The third-order valence-electron chi connectivity index (χ3n) is 6.38. The highest BCUT2D eigenvalue weighted by Gasteiger charge is 2.53. The van der Waals surface area contributed by atoms with Gasteiger partial charge in [-0.25, -0.2) is 0 Å². The number of benzene rings is 1. The third kappa shape index (κ3) is 2.60. The summed E-state index contributed by atoms with van der Waals surface area (Å²) < 4.78 is 0.197. The van der Waals surface area contributed by atoms with Crippen LogP contribution >= 0.6 is 15.9 Å². The van der Waals surface area contributed by atoms with Crippen LogP contribution in [0.25, 0.3) is 0 Å². The first-order chi connectivity index (χ1) is 13.9. The summed E-state index contributed by atoms with van der Waals surface area (Å²) in [7, 11) is 0. The highest BCUT2D eigenvalue weighted by Crippen LogP contribution is 2.54. The zero-order valence-electron chi connectivity index (χ0n) is 15.1. The maximum atomic E-state index is 12.9. The van der Waals surface area contributed by atoms with Crippen molar-refractivity contribution in [3.63, 3.8) is 0 Å². The van der Waals surface area contributed by atoms with Crippen molar-refractivity contribution in [2.24, 2.45) is 17.8 Å². The molecule has 2 N–H and O–H groups in total. The number of ketones is 2. The van der Waals surface area contributed by atoms with E-state index in [4.69, 9.17) is 0 Å². The van der Waals surface area contributed by atoms with Crippen molar-refractivity contribution >= 4 is 39.3 Å². The van der Waals surface area contributed by atoms with Crippen LogP contribution in [0.4, 0.5) is 0 Å². The number of phenols is 1. The first-order valence-corrected chi connectivity index (χ1v) is 10.2. The van der Waals surface area contributed by atoms with E-state index in [0.717, 1.165) is 5.57 Å². The Bertz CT molecular complexity index is 1110. The number of phenolic OH excluding ortho intramolecular Hbond substituents is 1. The van der Waals surface area contributed by atoms with Gasteiger partial charge in [0.2, 0.25) is 11.8 Å². The zero-order chi connectivity index (χ0) is 20.4. The van der Waals surface area contributed by atoms with Gasteiger partial charge in [-0.05, 0) is 52.4 Å². The molecule has 0 saturated carbocycles. The standard InChI is InChI=1S/C22H16BrNO5/c23-15-8-16(26)19-14(20(15)27)7-13-11(17(19)9-2-1-3-10(25)6-9)4-5-12-18(13)22(29)24-21(12)28/h1-4,6,8,12-13,17-18,25H,5,7H2,(H,24,28,29)/t12-,13+,17-,18-/m0/s1. The van der Waals surface area contributed by atoms with E-state index in [2.05, 4.69) is 21.2 Å². The number of rotatable bonds is 1. The lowest BCUT2D eigenvalue weighted by Crippen LogP contribution is -2.39. The van der Waals surface area contributed by atoms with Gasteiger partial charge in [-0.3, -0.25) is 24.5 Å². The molecule has 0 unspecified atom stereocenters. The van der Waals surface area contributed by atoms with E-state index in [-0.39, 0.29) is 46.0 Å². The van der Waals surface area contributed by atoms with Gasteiger partial charge >= 0.3 is 0 Å². The van der Waals surface area contributed by atoms with E-state index < -0.39 is 17.8 Å². The number of carbonyl (C=O) groups excluding carboxylic acids is 4. The molecule has 0 aromatic heterocycles. The number of carbonyl (C=O) groups is 4. The third-order valence-corrected chi connectivity index (χ3v) is 6.97. The molecule has 29 heavy (non-hydrogen) atoms. The second-order valence-electron chi connectivity index (χ2n) is 7.84. The van der Waals surface area contributed by atoms with Crippen molar-refractivity contribution in [2.45, 2.75) is 18.8 Å². The predicted octanol–water partition coefficient (Wildman–Crippen LogP) is 2.44. The van der Waals surface area contributed by atoms with Gasteiger partial charge < -0.3 is 5.11 Å². The van der Waals surface area contributed by atoms with Crippen molar-refractivity contribution in [3.05, 3.63) is 63.2 Å². The molecule has 1 saturated heterocycles. The summed E-state index contributed by atoms with van der Waals surface area (Å²) in [6.07, 6.45) is 3.88. The molecule has 1 aromatic rings. The number of hydrogen-bond acceptors (Lipinski definition) is 5. The number of fused-ring (bicyclic) bond motifs is 3. The normalized spacial score (nSPS) is 30.9. The molecule has 146 valence electrons. The van der Waals surface area contributed by atoms with Crippen molar-refractivity contribution in [1.82, 2.24) is 5.32 Å². The number of imide groups is 1. The van der Waals surface area contributed by atoms with Crippen molar-refractivity contribution < 1.29 is 24.3 Å². The van der Waals surface area contributed by atoms with E-state index in [9.17, 15) is 24.3 Å². The molecule has 1 heterocycles. The molecule has 6 nitrogen and oxygen atoms in total. The lowest BCUT2D eigenvalue weighted by Gasteiger charge is -2.42. The Hall–Kier alpha value is -2.80. The number of hydrogen-bond donors (Lipinski definition) is 2. The average Bonchev–Trinajstić information content (AvgIpc) is 2.98. The summed E-state index contributed by atoms with van der Waals surface area (Å²) in [6, 6.07) is 6.61. The molecular weight excluding hydrogens is 438 g/mol. The van der Waals surface area contributed by atoms with Gasteiger partial charge in [0.1, 0.15) is 5.75 Å². The maximum Gasteiger partial charge on any atom is 0.231 e. The molecule has 1 fully saturated rings.